The Hall–Kier alpha value is -2.20. The largest absolute Gasteiger partial charge is 0.460 e. The molecule has 0 aromatic heterocycles. The fourth-order valence-electron chi connectivity index (χ4n) is 5.34. The number of carbonyl (C=O) groups excluding carboxylic acids is 2. The summed E-state index contributed by atoms with van der Waals surface area (Å²) in [5.41, 5.74) is 0.565. The Labute approximate surface area is 228 Å². The molecule has 0 radical (unpaired) electrons. The first kappa shape index (κ1) is 28.8. The Morgan fingerprint density at radius 3 is 2.13 bits per heavy atom. The third-order valence-electron chi connectivity index (χ3n) is 7.53. The molecule has 0 N–H and O–H groups in total. The van der Waals surface area contributed by atoms with E-state index in [0.29, 0.717) is 19.1 Å². The minimum Gasteiger partial charge on any atom is -0.460 e. The smallest absolute Gasteiger partial charge is 0.410 e. The van der Waals surface area contributed by atoms with E-state index in [0.717, 1.165) is 84.0 Å². The molecular weight excluding hydrogens is 484 g/mol. The summed E-state index contributed by atoms with van der Waals surface area (Å²) < 4.78 is 17.2. The van der Waals surface area contributed by atoms with Crippen molar-refractivity contribution in [1.29, 1.82) is 0 Å². The average molecular weight is 531 g/mol. The molecule has 4 rings (SSSR count). The number of ether oxygens (including phenoxy) is 3. The van der Waals surface area contributed by atoms with Crippen molar-refractivity contribution in [3.63, 3.8) is 0 Å². The Balaban J connectivity index is 1.06. The van der Waals surface area contributed by atoms with Crippen LogP contribution in [0.25, 0.3) is 0 Å². The summed E-state index contributed by atoms with van der Waals surface area (Å²) in [6.07, 6.45) is 2.36. The van der Waals surface area contributed by atoms with Gasteiger partial charge in [-0.15, -0.1) is 0 Å². The highest BCUT2D eigenvalue weighted by atomic mass is 16.6. The Morgan fingerprint density at radius 2 is 1.50 bits per heavy atom. The van der Waals surface area contributed by atoms with Crippen LogP contribution in [0.1, 0.15) is 39.2 Å². The van der Waals surface area contributed by atoms with Gasteiger partial charge in [0, 0.05) is 65.4 Å². The van der Waals surface area contributed by atoms with Gasteiger partial charge in [0.2, 0.25) is 0 Å². The summed E-state index contributed by atoms with van der Waals surface area (Å²) in [6, 6.07) is 9.80. The number of benzene rings is 1. The van der Waals surface area contributed by atoms with E-state index in [1.54, 1.807) is 0 Å². The molecule has 3 fully saturated rings. The highest BCUT2D eigenvalue weighted by Gasteiger charge is 2.30. The number of piperazine rings is 2. The molecule has 0 saturated carbocycles. The van der Waals surface area contributed by atoms with Crippen molar-refractivity contribution in [1.82, 2.24) is 19.6 Å². The van der Waals surface area contributed by atoms with Crippen LogP contribution in [0.15, 0.2) is 30.3 Å². The summed E-state index contributed by atoms with van der Waals surface area (Å²) in [6.45, 7) is 16.1. The topological polar surface area (TPSA) is 74.8 Å². The van der Waals surface area contributed by atoms with Crippen molar-refractivity contribution in [3.05, 3.63) is 35.9 Å². The van der Waals surface area contributed by atoms with E-state index >= 15 is 0 Å². The van der Waals surface area contributed by atoms with E-state index in [1.165, 1.54) is 6.42 Å². The van der Waals surface area contributed by atoms with E-state index in [1.807, 2.05) is 56.0 Å². The zero-order chi connectivity index (χ0) is 27.0. The van der Waals surface area contributed by atoms with E-state index in [4.69, 9.17) is 14.2 Å². The molecule has 38 heavy (non-hydrogen) atoms. The molecule has 0 spiro atoms. The molecule has 1 aromatic rings. The van der Waals surface area contributed by atoms with Crippen LogP contribution in [-0.4, -0.2) is 122 Å². The fourth-order valence-corrected chi connectivity index (χ4v) is 5.34. The van der Waals surface area contributed by atoms with Crippen molar-refractivity contribution in [2.45, 2.75) is 51.9 Å². The minimum absolute atomic E-state index is 0.157. The normalized spacial score (nSPS) is 24.2. The fraction of sp³-hybridized carbons (Fsp3) is 0.724. The highest BCUT2D eigenvalue weighted by molar-refractivity contribution is 5.71. The molecule has 212 valence electrons. The van der Waals surface area contributed by atoms with Gasteiger partial charge in [0.05, 0.1) is 19.3 Å². The third kappa shape index (κ3) is 9.52. The van der Waals surface area contributed by atoms with Crippen molar-refractivity contribution >= 4 is 12.1 Å². The summed E-state index contributed by atoms with van der Waals surface area (Å²) in [5.74, 6) is 0.397. The molecule has 3 aliphatic heterocycles. The van der Waals surface area contributed by atoms with Crippen LogP contribution in [-0.2, 0) is 25.6 Å². The third-order valence-corrected chi connectivity index (χ3v) is 7.53. The summed E-state index contributed by atoms with van der Waals surface area (Å²) >= 11 is 0. The molecule has 3 aliphatic rings. The Morgan fingerprint density at radius 1 is 0.868 bits per heavy atom. The Kier molecular flexibility index (Phi) is 10.4. The molecule has 1 aromatic carbocycles. The first-order valence-corrected chi connectivity index (χ1v) is 14.2. The van der Waals surface area contributed by atoms with E-state index in [-0.39, 0.29) is 18.2 Å². The molecule has 3 saturated heterocycles. The van der Waals surface area contributed by atoms with Crippen LogP contribution in [0.4, 0.5) is 4.79 Å². The molecule has 9 heteroatoms. The number of esters is 1. The van der Waals surface area contributed by atoms with Gasteiger partial charge in [-0.2, -0.15) is 0 Å². The first-order valence-electron chi connectivity index (χ1n) is 14.2. The van der Waals surface area contributed by atoms with Gasteiger partial charge in [0.15, 0.2) is 0 Å². The van der Waals surface area contributed by atoms with Gasteiger partial charge >= 0.3 is 12.1 Å². The highest BCUT2D eigenvalue weighted by Crippen LogP contribution is 2.22. The number of carbonyl (C=O) groups is 2. The van der Waals surface area contributed by atoms with Crippen LogP contribution >= 0.6 is 0 Å². The van der Waals surface area contributed by atoms with Crippen molar-refractivity contribution in [2.24, 2.45) is 5.92 Å². The van der Waals surface area contributed by atoms with E-state index in [2.05, 4.69) is 14.7 Å². The van der Waals surface area contributed by atoms with Crippen LogP contribution in [0.2, 0.25) is 0 Å². The van der Waals surface area contributed by atoms with Gasteiger partial charge in [0.1, 0.15) is 12.2 Å². The number of nitrogens with zero attached hydrogens (tertiary/aromatic N) is 4. The van der Waals surface area contributed by atoms with Crippen LogP contribution in [0, 0.1) is 5.92 Å². The van der Waals surface area contributed by atoms with Gasteiger partial charge in [-0.1, -0.05) is 30.3 Å². The Bertz CT molecular complexity index is 869. The van der Waals surface area contributed by atoms with Crippen LogP contribution in [0.5, 0.6) is 0 Å². The maximum Gasteiger partial charge on any atom is 0.410 e. The van der Waals surface area contributed by atoms with E-state index < -0.39 is 5.60 Å². The lowest BCUT2D eigenvalue weighted by Gasteiger charge is -2.40. The lowest BCUT2D eigenvalue weighted by atomic mass is 9.97. The van der Waals surface area contributed by atoms with Crippen molar-refractivity contribution < 1.29 is 23.8 Å². The molecular formula is C29H46N4O5. The molecule has 0 unspecified atom stereocenters. The number of hydrogen-bond acceptors (Lipinski definition) is 8. The second kappa shape index (κ2) is 13.7. The summed E-state index contributed by atoms with van der Waals surface area (Å²) in [5, 5.41) is 0. The molecule has 2 atom stereocenters. The molecule has 1 amide bonds. The number of rotatable bonds is 8. The van der Waals surface area contributed by atoms with Gasteiger partial charge < -0.3 is 19.1 Å². The second-order valence-electron chi connectivity index (χ2n) is 11.9. The van der Waals surface area contributed by atoms with Gasteiger partial charge in [-0.05, 0) is 45.1 Å². The first-order chi connectivity index (χ1) is 18.2. The maximum atomic E-state index is 12.3. The maximum absolute atomic E-state index is 12.3. The molecule has 0 aliphatic carbocycles. The zero-order valence-corrected chi connectivity index (χ0v) is 23.5. The molecule has 0 bridgehead atoms. The minimum atomic E-state index is -0.450. The molecule has 9 nitrogen and oxygen atoms in total. The summed E-state index contributed by atoms with van der Waals surface area (Å²) in [4.78, 5) is 33.4. The SMILES string of the molecule is CC(C)(C)OC(=O)N1CCN(C[C@@H]2CC[C@@H](CN3CCN(CC(=O)OCc4ccccc4)CC3)OC2)CC1. The predicted molar refractivity (Wildman–Crippen MR) is 146 cm³/mol. The van der Waals surface area contributed by atoms with Crippen LogP contribution < -0.4 is 0 Å². The lowest BCUT2D eigenvalue weighted by molar-refractivity contribution is -0.146. The number of amides is 1. The predicted octanol–water partition coefficient (Wildman–Crippen LogP) is 2.70. The molecule has 3 heterocycles. The standard InChI is InChI=1S/C29H46N4O5/c1-29(2,3)38-28(35)33-17-15-30(16-18-33)19-25-9-10-26(36-23-25)20-31-11-13-32(14-12-31)21-27(34)37-22-24-7-5-4-6-8-24/h4-8,25-26H,9-23H2,1-3H3/t25-,26-/m0/s1. The summed E-state index contributed by atoms with van der Waals surface area (Å²) in [7, 11) is 0. The van der Waals surface area contributed by atoms with Crippen molar-refractivity contribution in [2.75, 3.05) is 78.6 Å². The number of hydrogen-bond donors (Lipinski definition) is 0. The van der Waals surface area contributed by atoms with E-state index in [9.17, 15) is 9.59 Å². The average Bonchev–Trinajstić information content (AvgIpc) is 2.90. The second-order valence-corrected chi connectivity index (χ2v) is 11.9. The monoisotopic (exact) mass is 530 g/mol. The van der Waals surface area contributed by atoms with Gasteiger partial charge in [-0.25, -0.2) is 4.79 Å². The zero-order valence-electron chi connectivity index (χ0n) is 23.5. The quantitative estimate of drug-likeness (QED) is 0.475. The van der Waals surface area contributed by atoms with Gasteiger partial charge in [0.25, 0.3) is 0 Å². The van der Waals surface area contributed by atoms with Crippen molar-refractivity contribution in [3.8, 4) is 0 Å². The van der Waals surface area contributed by atoms with Crippen LogP contribution in [0.3, 0.4) is 0 Å². The van der Waals surface area contributed by atoms with Gasteiger partial charge in [-0.3, -0.25) is 19.5 Å². The lowest BCUT2D eigenvalue weighted by Crippen LogP contribution is -2.52.